The van der Waals surface area contributed by atoms with E-state index in [-0.39, 0.29) is 24.8 Å². The number of carbonyl (C=O) groups excluding carboxylic acids is 2. The van der Waals surface area contributed by atoms with Gasteiger partial charge in [0.25, 0.3) is 0 Å². The zero-order valence-corrected chi connectivity index (χ0v) is 29.3. The topological polar surface area (TPSA) is 159 Å². The third kappa shape index (κ3) is 8.95. The summed E-state index contributed by atoms with van der Waals surface area (Å²) in [6.45, 7) is 13.9. The minimum Gasteiger partial charge on any atom is -0.464 e. The molecule has 0 saturated carbocycles. The van der Waals surface area contributed by atoms with Crippen molar-refractivity contribution in [3.8, 4) is 0 Å². The van der Waals surface area contributed by atoms with Gasteiger partial charge in [0.1, 0.15) is 6.73 Å². The van der Waals surface area contributed by atoms with E-state index in [1.165, 1.54) is 14.2 Å². The Morgan fingerprint density at radius 1 is 0.872 bits per heavy atom. The molecule has 0 bridgehead atoms. The first-order valence-electron chi connectivity index (χ1n) is 15.3. The van der Waals surface area contributed by atoms with E-state index in [0.717, 1.165) is 43.6 Å². The summed E-state index contributed by atoms with van der Waals surface area (Å²) in [5.41, 5.74) is 3.65. The number of nitrogens with one attached hydrogen (secondary N) is 1. The summed E-state index contributed by atoms with van der Waals surface area (Å²) < 4.78 is 27.8. The number of fused-ring (bicyclic) bond motifs is 2. The highest BCUT2D eigenvalue weighted by Gasteiger charge is 2.22. The molecule has 0 amide bonds. The molecular formula is C30H43ClN8O7Si. The van der Waals surface area contributed by atoms with Gasteiger partial charge in [0.2, 0.25) is 0 Å². The average molecular weight is 691 g/mol. The SMILES string of the molecule is COC(=O)c1[nH]nc2ncc(N3CCOCC3)cc12.COC(=O)c1nn(COCC[Si](C)(C)C)c2ncc(N3CCOCC3)cc12.Cl. The Bertz CT molecular complexity index is 1650. The minimum absolute atomic E-state index is 0. The second kappa shape index (κ2) is 16.3. The van der Waals surface area contributed by atoms with Crippen molar-refractivity contribution in [3.63, 3.8) is 0 Å². The summed E-state index contributed by atoms with van der Waals surface area (Å²) in [6, 6.07) is 4.93. The van der Waals surface area contributed by atoms with Crippen LogP contribution in [0.4, 0.5) is 11.4 Å². The molecule has 6 heterocycles. The number of hydrogen-bond acceptors (Lipinski definition) is 13. The van der Waals surface area contributed by atoms with E-state index in [1.807, 2.05) is 18.3 Å². The van der Waals surface area contributed by atoms with Gasteiger partial charge in [-0.3, -0.25) is 5.10 Å². The summed E-state index contributed by atoms with van der Waals surface area (Å²) in [5.74, 6) is -0.912. The van der Waals surface area contributed by atoms with Crippen molar-refractivity contribution in [1.29, 1.82) is 0 Å². The number of rotatable bonds is 9. The van der Waals surface area contributed by atoms with Crippen molar-refractivity contribution in [1.82, 2.24) is 29.9 Å². The number of ether oxygens (including phenoxy) is 5. The van der Waals surface area contributed by atoms with Crippen molar-refractivity contribution in [2.75, 3.05) is 83.2 Å². The minimum atomic E-state index is -1.15. The molecule has 0 aliphatic carbocycles. The van der Waals surface area contributed by atoms with Crippen LogP contribution in [-0.4, -0.2) is 123 Å². The van der Waals surface area contributed by atoms with Gasteiger partial charge in [0.15, 0.2) is 22.7 Å². The Balaban J connectivity index is 0.000000220. The van der Waals surface area contributed by atoms with Gasteiger partial charge in [0.05, 0.1) is 75.2 Å². The number of morpholine rings is 2. The van der Waals surface area contributed by atoms with Gasteiger partial charge in [-0.05, 0) is 18.2 Å². The number of halogens is 1. The molecule has 0 atom stereocenters. The Kier molecular flexibility index (Phi) is 12.5. The second-order valence-corrected chi connectivity index (χ2v) is 17.7. The van der Waals surface area contributed by atoms with Gasteiger partial charge in [-0.1, -0.05) is 19.6 Å². The largest absolute Gasteiger partial charge is 0.464 e. The molecule has 0 spiro atoms. The number of hydrogen-bond donors (Lipinski definition) is 1. The maximum atomic E-state index is 12.2. The Labute approximate surface area is 280 Å². The van der Waals surface area contributed by atoms with E-state index in [0.29, 0.717) is 60.8 Å². The molecule has 2 fully saturated rings. The highest BCUT2D eigenvalue weighted by molar-refractivity contribution is 6.76. The van der Waals surface area contributed by atoms with E-state index >= 15 is 0 Å². The number of aromatic amines is 1. The first-order valence-corrected chi connectivity index (χ1v) is 19.0. The highest BCUT2D eigenvalue weighted by Crippen LogP contribution is 2.25. The van der Waals surface area contributed by atoms with Crippen LogP contribution in [0.2, 0.25) is 25.7 Å². The predicted octanol–water partition coefficient (Wildman–Crippen LogP) is 3.37. The van der Waals surface area contributed by atoms with Crippen molar-refractivity contribution in [3.05, 3.63) is 35.9 Å². The summed E-state index contributed by atoms with van der Waals surface area (Å²) in [4.78, 5) is 37.0. The molecule has 4 aromatic heterocycles. The Hall–Kier alpha value is -3.83. The van der Waals surface area contributed by atoms with Crippen molar-refractivity contribution < 1.29 is 33.3 Å². The number of methoxy groups -OCH3 is 2. The smallest absolute Gasteiger partial charge is 0.359 e. The number of aromatic nitrogens is 6. The third-order valence-electron chi connectivity index (χ3n) is 7.70. The first kappa shape index (κ1) is 36.0. The highest BCUT2D eigenvalue weighted by atomic mass is 35.5. The van der Waals surface area contributed by atoms with Crippen LogP contribution >= 0.6 is 12.4 Å². The maximum absolute atomic E-state index is 12.2. The monoisotopic (exact) mass is 690 g/mol. The van der Waals surface area contributed by atoms with E-state index in [4.69, 9.17) is 23.7 Å². The van der Waals surface area contributed by atoms with Gasteiger partial charge in [0, 0.05) is 40.9 Å². The van der Waals surface area contributed by atoms with Crippen LogP contribution in [0.5, 0.6) is 0 Å². The fourth-order valence-electron chi connectivity index (χ4n) is 5.05. The number of anilines is 2. The predicted molar refractivity (Wildman–Crippen MR) is 182 cm³/mol. The van der Waals surface area contributed by atoms with Crippen LogP contribution < -0.4 is 9.80 Å². The number of H-pyrrole nitrogens is 1. The summed E-state index contributed by atoms with van der Waals surface area (Å²) in [5, 5.41) is 12.4. The lowest BCUT2D eigenvalue weighted by Crippen LogP contribution is -2.36. The van der Waals surface area contributed by atoms with E-state index in [2.05, 4.69) is 54.7 Å². The molecule has 6 rings (SSSR count). The molecule has 2 aliphatic rings. The molecule has 1 N–H and O–H groups in total. The lowest BCUT2D eigenvalue weighted by molar-refractivity contribution is 0.0580. The zero-order chi connectivity index (χ0) is 32.7. The summed E-state index contributed by atoms with van der Waals surface area (Å²) in [6.07, 6.45) is 3.57. The second-order valence-electron chi connectivity index (χ2n) is 12.1. The van der Waals surface area contributed by atoms with Gasteiger partial charge in [-0.2, -0.15) is 10.2 Å². The van der Waals surface area contributed by atoms with Gasteiger partial charge in [-0.25, -0.2) is 24.2 Å². The molecule has 0 radical (unpaired) electrons. The maximum Gasteiger partial charge on any atom is 0.359 e. The van der Waals surface area contributed by atoms with Gasteiger partial charge in [-0.15, -0.1) is 12.4 Å². The quantitative estimate of drug-likeness (QED) is 0.155. The van der Waals surface area contributed by atoms with Crippen LogP contribution in [0.3, 0.4) is 0 Å². The number of esters is 2. The van der Waals surface area contributed by atoms with Crippen LogP contribution in [-0.2, 0) is 30.4 Å². The fourth-order valence-corrected chi connectivity index (χ4v) is 5.81. The van der Waals surface area contributed by atoms with Crippen LogP contribution in [0, 0.1) is 0 Å². The summed E-state index contributed by atoms with van der Waals surface area (Å²) in [7, 11) is 1.55. The lowest BCUT2D eigenvalue weighted by Gasteiger charge is -2.28. The Morgan fingerprint density at radius 2 is 1.45 bits per heavy atom. The normalized spacial score (nSPS) is 15.2. The molecule has 47 heavy (non-hydrogen) atoms. The average Bonchev–Trinajstić information content (AvgIpc) is 3.67. The van der Waals surface area contributed by atoms with Crippen LogP contribution in [0.25, 0.3) is 22.1 Å². The lowest BCUT2D eigenvalue weighted by atomic mass is 10.2. The molecule has 256 valence electrons. The number of carbonyl (C=O) groups is 2. The first-order chi connectivity index (χ1) is 22.2. The van der Waals surface area contributed by atoms with Gasteiger partial charge >= 0.3 is 11.9 Å². The van der Waals surface area contributed by atoms with Crippen LogP contribution in [0.1, 0.15) is 21.0 Å². The van der Waals surface area contributed by atoms with Crippen molar-refractivity contribution in [2.45, 2.75) is 32.4 Å². The molecule has 4 aromatic rings. The van der Waals surface area contributed by atoms with E-state index in [1.54, 1.807) is 10.9 Å². The molecule has 2 saturated heterocycles. The fraction of sp³-hybridized carbons (Fsp3) is 0.533. The molecule has 17 heteroatoms. The van der Waals surface area contributed by atoms with E-state index in [9.17, 15) is 9.59 Å². The zero-order valence-electron chi connectivity index (χ0n) is 27.5. The van der Waals surface area contributed by atoms with Crippen molar-refractivity contribution >= 4 is 65.9 Å². The Morgan fingerprint density at radius 3 is 2.02 bits per heavy atom. The number of nitrogens with zero attached hydrogens (tertiary/aromatic N) is 7. The molecule has 0 aromatic carbocycles. The van der Waals surface area contributed by atoms with Crippen LogP contribution in [0.15, 0.2) is 24.5 Å². The third-order valence-corrected chi connectivity index (χ3v) is 9.40. The van der Waals surface area contributed by atoms with Crippen molar-refractivity contribution in [2.24, 2.45) is 0 Å². The van der Waals surface area contributed by atoms with Gasteiger partial charge < -0.3 is 33.5 Å². The van der Waals surface area contributed by atoms with E-state index < -0.39 is 20.0 Å². The summed E-state index contributed by atoms with van der Waals surface area (Å²) >= 11 is 0. The molecule has 0 unspecified atom stereocenters. The molecule has 15 nitrogen and oxygen atoms in total. The molecule has 2 aliphatic heterocycles. The molecular weight excluding hydrogens is 648 g/mol. The number of pyridine rings is 2. The standard InChI is InChI=1S/C18H28N4O4Si.C12H14N4O3.ClH/c1-24-18(23)16-15-11-14(21-5-7-25-8-6-21)12-19-17(15)22(20-16)13-26-9-10-27(2,3)4;1-18-12(17)10-9-6-8(7-13-11(9)15-14-10)16-2-4-19-5-3-16;/h11-12H,5-10,13H2,1-4H3;6-7H,2-5H2,1H3,(H,13,14,15);1H.